The number of rotatable bonds is 39. The molecule has 0 aromatic carbocycles. The molecule has 0 aromatic rings. The van der Waals surface area contributed by atoms with Crippen LogP contribution in [0.25, 0.3) is 0 Å². The Hall–Kier alpha value is 1.63. The molecule has 0 radical (unpaired) electrons. The second kappa shape index (κ2) is 30.2. The van der Waals surface area contributed by atoms with E-state index in [1.54, 1.807) is 0 Å². The van der Waals surface area contributed by atoms with E-state index in [9.17, 15) is 240 Å². The van der Waals surface area contributed by atoms with E-state index >= 15 is 0 Å². The topological polar surface area (TPSA) is 977 Å². The summed E-state index contributed by atoms with van der Waals surface area (Å²) in [5.74, 6) is -3.72. The zero-order chi connectivity index (χ0) is 76.6. The van der Waals surface area contributed by atoms with Crippen LogP contribution in [-0.4, -0.2) is 279 Å². The Balaban J connectivity index is 11.6. The molecule has 0 aliphatic heterocycles. The van der Waals surface area contributed by atoms with Gasteiger partial charge in [-0.15, -0.1) is 0 Å². The fourth-order valence-electron chi connectivity index (χ4n) is 10.2. The van der Waals surface area contributed by atoms with Crippen LogP contribution in [0.2, 0.25) is 0 Å². The van der Waals surface area contributed by atoms with E-state index in [1.807, 2.05) is 0 Å². The highest BCUT2D eigenvalue weighted by Gasteiger charge is 2.86. The lowest BCUT2D eigenvalue weighted by molar-refractivity contribution is -0.154. The number of nitrogens with zero attached hydrogens (tertiary/aromatic N) is 6. The van der Waals surface area contributed by atoms with Gasteiger partial charge < -0.3 is 162 Å². The first-order valence-electron chi connectivity index (χ1n) is 23.3. The van der Waals surface area contributed by atoms with E-state index in [4.69, 9.17) is 0 Å². The second-order valence-corrected chi connectivity index (χ2v) is 48.9. The van der Waals surface area contributed by atoms with Crippen LogP contribution in [0.4, 0.5) is 0 Å². The van der Waals surface area contributed by atoms with Crippen LogP contribution in [0.5, 0.6) is 0 Å². The van der Waals surface area contributed by atoms with Gasteiger partial charge in [0, 0.05) is 6.54 Å². The van der Waals surface area contributed by atoms with Crippen LogP contribution in [0.15, 0.2) is 0 Å². The van der Waals surface area contributed by atoms with E-state index < -0.39 is 258 Å². The lowest BCUT2D eigenvalue weighted by atomic mass is 10.1. The van der Waals surface area contributed by atoms with Gasteiger partial charge in [0.25, 0.3) is 20.6 Å². The summed E-state index contributed by atoms with van der Waals surface area (Å²) in [6.07, 6.45) is -8.13. The Morgan fingerprint density at radius 2 is 0.447 bits per heavy atom. The van der Waals surface area contributed by atoms with Crippen molar-refractivity contribution in [2.24, 2.45) is 0 Å². The Kier molecular flexibility index (Phi) is 30.8. The summed E-state index contributed by atoms with van der Waals surface area (Å²) in [5.41, 5.74) is -19.5. The van der Waals surface area contributed by atoms with Crippen molar-refractivity contribution in [3.63, 3.8) is 0 Å². The van der Waals surface area contributed by atoms with E-state index in [1.165, 1.54) is 0 Å². The Morgan fingerprint density at radius 3 is 0.574 bits per heavy atom. The first kappa shape index (κ1) is 95.6. The molecule has 0 heterocycles. The Labute approximate surface area is 523 Å². The summed E-state index contributed by atoms with van der Waals surface area (Å²) in [7, 11) is -129. The summed E-state index contributed by atoms with van der Waals surface area (Å²) in [5, 5.41) is -15.4. The van der Waals surface area contributed by atoms with Gasteiger partial charge in [0.2, 0.25) is 22.1 Å². The number of aliphatic carboxylic acids is 1. The molecule has 0 saturated carbocycles. The maximum atomic E-state index is 14.4. The van der Waals surface area contributed by atoms with Gasteiger partial charge in [0.1, 0.15) is 6.04 Å². The van der Waals surface area contributed by atoms with Gasteiger partial charge in [-0.3, -0.25) is 77.8 Å². The Morgan fingerprint density at radius 1 is 0.287 bits per heavy atom. The molecule has 0 spiro atoms. The minimum atomic E-state index is -8.70. The third-order valence-corrected chi connectivity index (χ3v) is 43.3. The Bertz CT molecular complexity index is 3190. The van der Waals surface area contributed by atoms with Gasteiger partial charge >= 0.3 is 128 Å². The van der Waals surface area contributed by atoms with Gasteiger partial charge in [-0.1, -0.05) is 34.1 Å². The fraction of sp³-hybridized carbons (Fsp3) is 0.955. The van der Waals surface area contributed by atoms with Crippen LogP contribution in [0.1, 0.15) is 47.0 Å². The minimum Gasteiger partial charge on any atom is -0.480 e. The predicted molar refractivity (Wildman–Crippen MR) is 302 cm³/mol. The van der Waals surface area contributed by atoms with Crippen molar-refractivity contribution in [3.05, 3.63) is 0 Å². The molecule has 0 rings (SSSR count). The molecule has 0 fully saturated rings. The molecule has 0 bridgehead atoms. The van der Waals surface area contributed by atoms with Crippen LogP contribution >= 0.6 is 122 Å². The first-order chi connectivity index (χ1) is 40.6. The standard InChI is InChI=1S/C22H66N6O50P16/c1-5-23(15(79(31,32)33)80(34,35)36)19(87(55,56)57,88(58,59)60)27(20(89(61,62)63,90(64,65)66)24(6-2)16(81(37,38)39)82(40,41)42)12-10-9-11-13(14(29)30)28(21(91(67,68)69,92(70,71)72)25(7-3)17(83(43,44)45)84(46,47)48)22(93(73,74)75,94(76,77)78)26(8-4)18(85(49,50)51)86(52,53)54/h13,15-18H,5-12H2,1-4H3,(H,29,30)(H2,31,32,33)(H2,34,35,36)(H2,37,38,39)(H2,40,41,42)(H2,43,44,45)(H2,46,47,48)(H2,49,50,51)(H2,52,53,54)(H2,55,56,57)(H2,58,59,60)(H2,61,62,63)(H2,64,65,66)(H2,67,68,69)(H2,70,71,72)(H2,73,74,75)(H2,76,77,78)/t13-/m0/s1. The molecule has 56 nitrogen and oxygen atoms in total. The van der Waals surface area contributed by atoms with Crippen LogP contribution < -0.4 is 0 Å². The van der Waals surface area contributed by atoms with E-state index in [2.05, 4.69) is 0 Å². The largest absolute Gasteiger partial charge is 0.480 e. The van der Waals surface area contributed by atoms with Gasteiger partial charge in [0.05, 0.1) is 0 Å². The molecule has 0 saturated heterocycles. The molecule has 0 aliphatic carbocycles. The molecule has 1 atom stereocenters. The number of carboxylic acids is 1. The third kappa shape index (κ3) is 18.5. The highest BCUT2D eigenvalue weighted by Crippen LogP contribution is 2.87. The third-order valence-electron chi connectivity index (χ3n) is 12.6. The molecule has 0 aliphatic rings. The van der Waals surface area contributed by atoms with E-state index in [0.717, 1.165) is 0 Å². The number of hydrogen-bond donors (Lipinski definition) is 33. The van der Waals surface area contributed by atoms with Gasteiger partial charge in [0.15, 0.2) is 0 Å². The van der Waals surface area contributed by atoms with E-state index in [-0.39, 0.29) is 27.7 Å². The smallest absolute Gasteiger partial charge is 0.373 e. The summed E-state index contributed by atoms with van der Waals surface area (Å²) >= 11 is 0. The quantitative estimate of drug-likeness (QED) is 0.0155. The summed E-state index contributed by atoms with van der Waals surface area (Å²) in [6.45, 7) is -13.4. The highest BCUT2D eigenvalue weighted by molar-refractivity contribution is 7.77. The number of unbranched alkanes of at least 4 members (excludes halogenated alkanes) is 1. The van der Waals surface area contributed by atoms with E-state index in [0.29, 0.717) is 0 Å². The van der Waals surface area contributed by atoms with Crippen molar-refractivity contribution in [1.82, 2.24) is 29.4 Å². The van der Waals surface area contributed by atoms with Crippen molar-refractivity contribution >= 4 is 128 Å². The lowest BCUT2D eigenvalue weighted by Crippen LogP contribution is -2.76. The average Bonchev–Trinajstić information content (AvgIpc) is 0.676. The molecule has 564 valence electrons. The van der Waals surface area contributed by atoms with Gasteiger partial charge in [-0.25, -0.2) is 29.4 Å². The van der Waals surface area contributed by atoms with Gasteiger partial charge in [-0.05, 0) is 39.0 Å². The van der Waals surface area contributed by atoms with Crippen molar-refractivity contribution in [2.75, 3.05) is 32.7 Å². The first-order valence-corrected chi connectivity index (χ1v) is 49.6. The molecular weight excluding hydrogens is 1640 g/mol. The monoisotopic (exact) mass is 1710 g/mol. The average molecular weight is 1710 g/mol. The molecule has 94 heavy (non-hydrogen) atoms. The summed E-state index contributed by atoms with van der Waals surface area (Å²) in [4.78, 5) is 349. The molecule has 0 amide bonds. The molecular formula is C22H66N6O50P16. The summed E-state index contributed by atoms with van der Waals surface area (Å²) in [6, 6.07) is -4.93. The fourth-order valence-corrected chi connectivity index (χ4v) is 38.8. The number of carboxylic acid groups (broad SMARTS) is 1. The van der Waals surface area contributed by atoms with Crippen molar-refractivity contribution in [3.8, 4) is 0 Å². The molecule has 33 N–H and O–H groups in total. The number of carbonyl (C=O) groups is 1. The van der Waals surface area contributed by atoms with Crippen LogP contribution in [0.3, 0.4) is 0 Å². The normalized spacial score (nSPS) is 16.4. The van der Waals surface area contributed by atoms with Crippen molar-refractivity contribution in [1.29, 1.82) is 0 Å². The van der Waals surface area contributed by atoms with Crippen molar-refractivity contribution < 1.29 is 240 Å². The maximum absolute atomic E-state index is 14.4. The zero-order valence-corrected chi connectivity index (χ0v) is 60.9. The SMILES string of the molecule is CCN(C(P(=O)(O)O)P(=O)(O)O)C(N(CCCC[C@@H](C(=O)O)N(C(N(CC)C(P(=O)(O)O)P(=O)(O)O)(P(=O)(O)O)P(=O)(O)O)C(N(CC)C(P(=O)(O)O)P(=O)(O)O)(P(=O)(O)O)P(=O)(O)O)C(N(CC)C(P(=O)(O)O)P(=O)(O)O)(P(=O)(O)O)P(=O)(O)O)(P(=O)(O)O)P(=O)(O)O. The van der Waals surface area contributed by atoms with Crippen LogP contribution in [0, 0.1) is 0 Å². The van der Waals surface area contributed by atoms with Crippen molar-refractivity contribution in [2.45, 2.75) is 95.7 Å². The van der Waals surface area contributed by atoms with Crippen LogP contribution in [-0.2, 0) is 77.8 Å². The number of hydrogen-bond acceptors (Lipinski definition) is 23. The molecule has 72 heteroatoms. The highest BCUT2D eigenvalue weighted by atomic mass is 31.3. The lowest BCUT2D eigenvalue weighted by Gasteiger charge is -2.60. The zero-order valence-electron chi connectivity index (χ0n) is 46.6. The maximum Gasteiger partial charge on any atom is 0.373 e. The second-order valence-electron chi connectivity index (χ2n) is 18.9. The van der Waals surface area contributed by atoms with Gasteiger partial charge in [-0.2, -0.15) is 0 Å². The predicted octanol–water partition coefficient (Wildman–Crippen LogP) is -6.08. The minimum absolute atomic E-state index is 0.000338. The molecule has 0 unspecified atom stereocenters. The summed E-state index contributed by atoms with van der Waals surface area (Å²) < 4.78 is 220. The molecule has 0 aromatic heterocycles.